The normalized spacial score (nSPS) is 16.0. The van der Waals surface area contributed by atoms with Crippen molar-refractivity contribution < 1.29 is 9.84 Å². The molecule has 0 aliphatic carbocycles. The molecule has 1 aliphatic rings. The lowest BCUT2D eigenvalue weighted by Gasteiger charge is -2.26. The summed E-state index contributed by atoms with van der Waals surface area (Å²) < 4.78 is 5.35. The SMILES string of the molecule is CCc1ccc(C(CO)NCc2cnc(N3CCOCC3)nc2)cc1. The standard InChI is InChI=1S/C19H26N4O2/c1-2-15-3-5-17(6-4-15)18(14-24)20-11-16-12-21-19(22-13-16)23-7-9-25-10-8-23/h3-6,12-13,18,20,24H,2,7-11,14H2,1H3. The topological polar surface area (TPSA) is 70.5 Å². The maximum Gasteiger partial charge on any atom is 0.225 e. The number of aryl methyl sites for hydroxylation is 1. The summed E-state index contributed by atoms with van der Waals surface area (Å²) in [7, 11) is 0. The van der Waals surface area contributed by atoms with Gasteiger partial charge in [-0.15, -0.1) is 0 Å². The zero-order valence-electron chi connectivity index (χ0n) is 14.7. The highest BCUT2D eigenvalue weighted by atomic mass is 16.5. The van der Waals surface area contributed by atoms with Gasteiger partial charge < -0.3 is 20.1 Å². The van der Waals surface area contributed by atoms with Crippen LogP contribution in [0.4, 0.5) is 5.95 Å². The van der Waals surface area contributed by atoms with Crippen LogP contribution in [0.3, 0.4) is 0 Å². The number of morpholine rings is 1. The molecule has 6 nitrogen and oxygen atoms in total. The molecule has 0 bridgehead atoms. The van der Waals surface area contributed by atoms with Crippen LogP contribution in [0.25, 0.3) is 0 Å². The molecule has 0 spiro atoms. The predicted molar refractivity (Wildman–Crippen MR) is 97.6 cm³/mol. The van der Waals surface area contributed by atoms with Crippen LogP contribution >= 0.6 is 0 Å². The van der Waals surface area contributed by atoms with Crippen LogP contribution in [0.15, 0.2) is 36.7 Å². The van der Waals surface area contributed by atoms with E-state index in [2.05, 4.69) is 51.4 Å². The lowest BCUT2D eigenvalue weighted by molar-refractivity contribution is 0.122. The molecular formula is C19H26N4O2. The van der Waals surface area contributed by atoms with Gasteiger partial charge in [-0.05, 0) is 17.5 Å². The molecule has 1 unspecified atom stereocenters. The second-order valence-electron chi connectivity index (χ2n) is 6.20. The third-order valence-electron chi connectivity index (χ3n) is 4.51. The minimum atomic E-state index is -0.0928. The van der Waals surface area contributed by atoms with Crippen molar-refractivity contribution in [3.05, 3.63) is 53.3 Å². The number of benzene rings is 1. The van der Waals surface area contributed by atoms with Crippen molar-refractivity contribution in [2.45, 2.75) is 25.9 Å². The third kappa shape index (κ3) is 4.75. The van der Waals surface area contributed by atoms with E-state index in [1.165, 1.54) is 5.56 Å². The minimum absolute atomic E-state index is 0.0538. The number of rotatable bonds is 7. The Balaban J connectivity index is 1.57. The van der Waals surface area contributed by atoms with Crippen LogP contribution in [0.2, 0.25) is 0 Å². The molecule has 1 fully saturated rings. The minimum Gasteiger partial charge on any atom is -0.394 e. The van der Waals surface area contributed by atoms with Gasteiger partial charge in [0.25, 0.3) is 0 Å². The van der Waals surface area contributed by atoms with Crippen molar-refractivity contribution in [1.29, 1.82) is 0 Å². The van der Waals surface area contributed by atoms with Gasteiger partial charge in [-0.2, -0.15) is 0 Å². The van der Waals surface area contributed by atoms with Crippen LogP contribution in [-0.2, 0) is 17.7 Å². The Kier molecular flexibility index (Phi) is 6.33. The summed E-state index contributed by atoms with van der Waals surface area (Å²) in [4.78, 5) is 11.0. The van der Waals surface area contributed by atoms with Crippen LogP contribution in [0, 0.1) is 0 Å². The van der Waals surface area contributed by atoms with Crippen molar-refractivity contribution in [2.24, 2.45) is 0 Å². The van der Waals surface area contributed by atoms with Gasteiger partial charge in [-0.1, -0.05) is 31.2 Å². The Bertz CT molecular complexity index is 639. The zero-order valence-corrected chi connectivity index (χ0v) is 14.7. The van der Waals surface area contributed by atoms with Gasteiger partial charge in [0.2, 0.25) is 5.95 Å². The number of anilines is 1. The van der Waals surface area contributed by atoms with E-state index in [-0.39, 0.29) is 12.6 Å². The van der Waals surface area contributed by atoms with E-state index in [1.807, 2.05) is 12.4 Å². The van der Waals surface area contributed by atoms with Gasteiger partial charge in [0.15, 0.2) is 0 Å². The molecule has 25 heavy (non-hydrogen) atoms. The number of hydrogen-bond acceptors (Lipinski definition) is 6. The number of aliphatic hydroxyl groups excluding tert-OH is 1. The lowest BCUT2D eigenvalue weighted by Crippen LogP contribution is -2.37. The highest BCUT2D eigenvalue weighted by Gasteiger charge is 2.14. The fraction of sp³-hybridized carbons (Fsp3) is 0.474. The van der Waals surface area contributed by atoms with E-state index in [1.54, 1.807) is 0 Å². The van der Waals surface area contributed by atoms with Crippen molar-refractivity contribution in [3.8, 4) is 0 Å². The number of nitrogens with one attached hydrogen (secondary N) is 1. The lowest BCUT2D eigenvalue weighted by atomic mass is 10.0. The van der Waals surface area contributed by atoms with Gasteiger partial charge in [-0.25, -0.2) is 9.97 Å². The summed E-state index contributed by atoms with van der Waals surface area (Å²) in [6, 6.07) is 8.28. The average Bonchev–Trinajstić information content (AvgIpc) is 2.70. The van der Waals surface area contributed by atoms with E-state index in [9.17, 15) is 5.11 Å². The van der Waals surface area contributed by atoms with Gasteiger partial charge in [-0.3, -0.25) is 0 Å². The summed E-state index contributed by atoms with van der Waals surface area (Å²) >= 11 is 0. The van der Waals surface area contributed by atoms with Crippen molar-refractivity contribution >= 4 is 5.95 Å². The first-order valence-electron chi connectivity index (χ1n) is 8.87. The molecule has 1 aliphatic heterocycles. The number of ether oxygens (including phenoxy) is 1. The van der Waals surface area contributed by atoms with E-state index in [0.29, 0.717) is 6.54 Å². The second kappa shape index (κ2) is 8.89. The molecule has 3 rings (SSSR count). The van der Waals surface area contributed by atoms with E-state index < -0.39 is 0 Å². The van der Waals surface area contributed by atoms with E-state index in [0.717, 1.165) is 49.8 Å². The molecule has 2 aromatic rings. The van der Waals surface area contributed by atoms with Crippen molar-refractivity contribution in [2.75, 3.05) is 37.8 Å². The third-order valence-corrected chi connectivity index (χ3v) is 4.51. The largest absolute Gasteiger partial charge is 0.394 e. The smallest absolute Gasteiger partial charge is 0.225 e. The summed E-state index contributed by atoms with van der Waals surface area (Å²) in [6.45, 7) is 5.92. The summed E-state index contributed by atoms with van der Waals surface area (Å²) in [5, 5.41) is 13.1. The van der Waals surface area contributed by atoms with Crippen LogP contribution in [-0.4, -0.2) is 48.0 Å². The molecule has 0 saturated carbocycles. The van der Waals surface area contributed by atoms with Crippen LogP contribution < -0.4 is 10.2 Å². The first-order valence-corrected chi connectivity index (χ1v) is 8.87. The Morgan fingerprint density at radius 3 is 2.40 bits per heavy atom. The molecule has 6 heteroatoms. The molecule has 1 aromatic heterocycles. The zero-order chi connectivity index (χ0) is 17.5. The Hall–Kier alpha value is -2.02. The Morgan fingerprint density at radius 1 is 1.12 bits per heavy atom. The maximum absolute atomic E-state index is 9.69. The monoisotopic (exact) mass is 342 g/mol. The van der Waals surface area contributed by atoms with E-state index in [4.69, 9.17) is 4.74 Å². The van der Waals surface area contributed by atoms with Crippen molar-refractivity contribution in [1.82, 2.24) is 15.3 Å². The van der Waals surface area contributed by atoms with Crippen LogP contribution in [0.1, 0.15) is 29.7 Å². The summed E-state index contributed by atoms with van der Waals surface area (Å²) in [5.74, 6) is 0.751. The van der Waals surface area contributed by atoms with Gasteiger partial charge >= 0.3 is 0 Å². The van der Waals surface area contributed by atoms with Gasteiger partial charge in [0, 0.05) is 37.6 Å². The van der Waals surface area contributed by atoms with Crippen molar-refractivity contribution in [3.63, 3.8) is 0 Å². The molecule has 1 atom stereocenters. The molecule has 2 N–H and O–H groups in total. The predicted octanol–water partition coefficient (Wildman–Crippen LogP) is 1.70. The molecular weight excluding hydrogens is 316 g/mol. The van der Waals surface area contributed by atoms with Crippen LogP contribution in [0.5, 0.6) is 0 Å². The molecule has 1 aromatic carbocycles. The molecule has 1 saturated heterocycles. The molecule has 0 radical (unpaired) electrons. The quantitative estimate of drug-likeness (QED) is 0.798. The fourth-order valence-corrected chi connectivity index (χ4v) is 2.88. The highest BCUT2D eigenvalue weighted by Crippen LogP contribution is 2.15. The molecule has 0 amide bonds. The van der Waals surface area contributed by atoms with E-state index >= 15 is 0 Å². The number of nitrogens with zero attached hydrogens (tertiary/aromatic N) is 3. The fourth-order valence-electron chi connectivity index (χ4n) is 2.88. The maximum atomic E-state index is 9.69. The highest BCUT2D eigenvalue weighted by molar-refractivity contribution is 5.30. The average molecular weight is 342 g/mol. The number of aromatic nitrogens is 2. The summed E-state index contributed by atoms with van der Waals surface area (Å²) in [5.41, 5.74) is 3.39. The van der Waals surface area contributed by atoms with Gasteiger partial charge in [0.05, 0.1) is 25.9 Å². The van der Waals surface area contributed by atoms with Gasteiger partial charge in [0.1, 0.15) is 0 Å². The second-order valence-corrected chi connectivity index (χ2v) is 6.20. The molecule has 2 heterocycles. The summed E-state index contributed by atoms with van der Waals surface area (Å²) in [6.07, 6.45) is 4.71. The molecule has 134 valence electrons. The number of hydrogen-bond donors (Lipinski definition) is 2. The Morgan fingerprint density at radius 2 is 1.80 bits per heavy atom. The first kappa shape index (κ1) is 17.8. The number of aliphatic hydroxyl groups is 1. The first-order chi connectivity index (χ1) is 12.3. The Labute approximate surface area is 148 Å².